The van der Waals surface area contributed by atoms with Crippen LogP contribution in [-0.4, -0.2) is 6.04 Å². The van der Waals surface area contributed by atoms with Gasteiger partial charge >= 0.3 is 0 Å². The summed E-state index contributed by atoms with van der Waals surface area (Å²) in [7, 11) is 0. The maximum atomic E-state index is 3.57. The summed E-state index contributed by atoms with van der Waals surface area (Å²) in [6, 6.07) is 6.69. The van der Waals surface area contributed by atoms with Gasteiger partial charge in [-0.2, -0.15) is 0 Å². The van der Waals surface area contributed by atoms with Gasteiger partial charge in [-0.3, -0.25) is 0 Å². The maximum Gasteiger partial charge on any atom is 0.0497 e. The van der Waals surface area contributed by atoms with E-state index in [0.29, 0.717) is 11.5 Å². The lowest BCUT2D eigenvalue weighted by atomic mass is 9.89. The molecule has 0 radical (unpaired) electrons. The van der Waals surface area contributed by atoms with Crippen molar-refractivity contribution in [3.63, 3.8) is 0 Å². The second-order valence-corrected chi connectivity index (χ2v) is 7.54. The normalized spacial score (nSPS) is 13.5. The Bertz CT molecular complexity index is 369. The highest BCUT2D eigenvalue weighted by Gasteiger charge is 2.13. The Morgan fingerprint density at radius 1 is 1.24 bits per heavy atom. The van der Waals surface area contributed by atoms with Gasteiger partial charge in [-0.15, -0.1) is 0 Å². The van der Waals surface area contributed by atoms with Crippen LogP contribution in [0.5, 0.6) is 0 Å². The van der Waals surface area contributed by atoms with Gasteiger partial charge in [0.05, 0.1) is 0 Å². The van der Waals surface area contributed by atoms with Crippen molar-refractivity contribution in [1.82, 2.24) is 0 Å². The zero-order chi connectivity index (χ0) is 13.1. The zero-order valence-corrected chi connectivity index (χ0v) is 14.2. The minimum atomic E-state index is 0.407. The quantitative estimate of drug-likeness (QED) is 0.709. The van der Waals surface area contributed by atoms with Crippen LogP contribution in [0.4, 0.5) is 5.69 Å². The molecule has 0 amide bonds. The average molecular weight is 363 g/mol. The van der Waals surface area contributed by atoms with E-state index in [0.717, 1.165) is 14.6 Å². The molecule has 0 saturated heterocycles. The highest BCUT2D eigenvalue weighted by atomic mass is 79.9. The Morgan fingerprint density at radius 3 is 2.47 bits per heavy atom. The molecule has 0 aliphatic rings. The summed E-state index contributed by atoms with van der Waals surface area (Å²) in [5.41, 5.74) is 1.56. The molecule has 3 heteroatoms. The van der Waals surface area contributed by atoms with Crippen molar-refractivity contribution in [2.45, 2.75) is 46.6 Å². The monoisotopic (exact) mass is 361 g/mol. The van der Waals surface area contributed by atoms with E-state index in [2.05, 4.69) is 77.0 Å². The zero-order valence-electron chi connectivity index (χ0n) is 11.0. The molecule has 0 aliphatic heterocycles. The van der Waals surface area contributed by atoms with E-state index in [-0.39, 0.29) is 0 Å². The summed E-state index contributed by atoms with van der Waals surface area (Å²) in [6.07, 6.45) is 2.41. The van der Waals surface area contributed by atoms with E-state index in [1.807, 2.05) is 6.07 Å². The lowest BCUT2D eigenvalue weighted by Crippen LogP contribution is -2.18. The fourth-order valence-electron chi connectivity index (χ4n) is 1.60. The lowest BCUT2D eigenvalue weighted by molar-refractivity contribution is 0.357. The molecule has 0 aliphatic carbocycles. The topological polar surface area (TPSA) is 12.0 Å². The first-order chi connectivity index (χ1) is 7.78. The molecule has 1 atom stereocenters. The summed E-state index contributed by atoms with van der Waals surface area (Å²) in [4.78, 5) is 0. The standard InChI is InChI=1S/C14H21Br2N/c1-10(7-8-14(2,3)4)17-13-9-11(15)5-6-12(13)16/h5-6,9-10,17H,7-8H2,1-4H3. The Labute approximate surface area is 122 Å². The van der Waals surface area contributed by atoms with Crippen LogP contribution >= 0.6 is 31.9 Å². The molecule has 1 unspecified atom stereocenters. The minimum absolute atomic E-state index is 0.407. The number of anilines is 1. The van der Waals surface area contributed by atoms with Crippen LogP contribution in [0.15, 0.2) is 27.1 Å². The molecule has 1 N–H and O–H groups in total. The van der Waals surface area contributed by atoms with Crippen molar-refractivity contribution in [3.05, 3.63) is 27.1 Å². The van der Waals surface area contributed by atoms with Gasteiger partial charge in [0, 0.05) is 20.7 Å². The molecule has 0 fully saturated rings. The van der Waals surface area contributed by atoms with Gasteiger partial charge in [0.25, 0.3) is 0 Å². The van der Waals surface area contributed by atoms with E-state index < -0.39 is 0 Å². The predicted molar refractivity (Wildman–Crippen MR) is 83.6 cm³/mol. The second kappa shape index (κ2) is 6.24. The number of rotatable bonds is 4. The van der Waals surface area contributed by atoms with Gasteiger partial charge in [0.2, 0.25) is 0 Å². The molecule has 17 heavy (non-hydrogen) atoms. The molecule has 1 rings (SSSR count). The molecular weight excluding hydrogens is 342 g/mol. The number of halogens is 2. The van der Waals surface area contributed by atoms with Gasteiger partial charge in [0.1, 0.15) is 0 Å². The average Bonchev–Trinajstić information content (AvgIpc) is 2.20. The molecule has 96 valence electrons. The molecular formula is C14H21Br2N. The van der Waals surface area contributed by atoms with Crippen molar-refractivity contribution in [2.75, 3.05) is 5.32 Å². The van der Waals surface area contributed by atoms with Crippen LogP contribution in [0.1, 0.15) is 40.5 Å². The van der Waals surface area contributed by atoms with E-state index in [1.165, 1.54) is 12.8 Å². The van der Waals surface area contributed by atoms with Crippen LogP contribution in [0.2, 0.25) is 0 Å². The van der Waals surface area contributed by atoms with Crippen LogP contribution in [0.3, 0.4) is 0 Å². The van der Waals surface area contributed by atoms with Crippen molar-refractivity contribution in [3.8, 4) is 0 Å². The van der Waals surface area contributed by atoms with Crippen molar-refractivity contribution >= 4 is 37.5 Å². The Hall–Kier alpha value is -0.0200. The Kier molecular flexibility index (Phi) is 5.52. The SMILES string of the molecule is CC(CCC(C)(C)C)Nc1cc(Br)ccc1Br. The first-order valence-electron chi connectivity index (χ1n) is 5.99. The first kappa shape index (κ1) is 15.0. The fraction of sp³-hybridized carbons (Fsp3) is 0.571. The van der Waals surface area contributed by atoms with Crippen molar-refractivity contribution in [1.29, 1.82) is 0 Å². The van der Waals surface area contributed by atoms with E-state index in [1.54, 1.807) is 0 Å². The highest BCUT2D eigenvalue weighted by Crippen LogP contribution is 2.28. The van der Waals surface area contributed by atoms with Crippen molar-refractivity contribution in [2.24, 2.45) is 5.41 Å². The van der Waals surface area contributed by atoms with E-state index in [4.69, 9.17) is 0 Å². The summed E-state index contributed by atoms with van der Waals surface area (Å²) in [5, 5.41) is 3.55. The van der Waals surface area contributed by atoms with Crippen LogP contribution < -0.4 is 5.32 Å². The van der Waals surface area contributed by atoms with Crippen LogP contribution in [-0.2, 0) is 0 Å². The molecule has 0 saturated carbocycles. The van der Waals surface area contributed by atoms with Crippen LogP contribution in [0, 0.1) is 5.41 Å². The largest absolute Gasteiger partial charge is 0.382 e. The molecule has 0 aromatic heterocycles. The summed E-state index contributed by atoms with van der Waals surface area (Å²) in [5.74, 6) is 0. The molecule has 1 nitrogen and oxygen atoms in total. The van der Waals surface area contributed by atoms with Gasteiger partial charge in [-0.05, 0) is 59.3 Å². The Balaban J connectivity index is 2.56. The lowest BCUT2D eigenvalue weighted by Gasteiger charge is -2.22. The smallest absolute Gasteiger partial charge is 0.0497 e. The maximum absolute atomic E-state index is 3.57. The number of benzene rings is 1. The third kappa shape index (κ3) is 5.91. The minimum Gasteiger partial charge on any atom is -0.382 e. The second-order valence-electron chi connectivity index (χ2n) is 5.77. The number of hydrogen-bond acceptors (Lipinski definition) is 1. The first-order valence-corrected chi connectivity index (χ1v) is 7.58. The highest BCUT2D eigenvalue weighted by molar-refractivity contribution is 9.11. The molecule has 1 aromatic carbocycles. The van der Waals surface area contributed by atoms with Crippen molar-refractivity contribution < 1.29 is 0 Å². The van der Waals surface area contributed by atoms with Gasteiger partial charge < -0.3 is 5.32 Å². The van der Waals surface area contributed by atoms with Gasteiger partial charge in [0.15, 0.2) is 0 Å². The summed E-state index contributed by atoms with van der Waals surface area (Å²) in [6.45, 7) is 9.09. The molecule has 0 bridgehead atoms. The Morgan fingerprint density at radius 2 is 1.88 bits per heavy atom. The van der Waals surface area contributed by atoms with Crippen LogP contribution in [0.25, 0.3) is 0 Å². The van der Waals surface area contributed by atoms with E-state index >= 15 is 0 Å². The third-order valence-corrected chi connectivity index (χ3v) is 3.84. The number of hydrogen-bond donors (Lipinski definition) is 1. The van der Waals surface area contributed by atoms with Gasteiger partial charge in [-0.25, -0.2) is 0 Å². The third-order valence-electron chi connectivity index (χ3n) is 2.66. The van der Waals surface area contributed by atoms with E-state index in [9.17, 15) is 0 Å². The fourth-order valence-corrected chi connectivity index (χ4v) is 2.32. The predicted octanol–water partition coefficient (Wildman–Crippen LogP) is 5.84. The molecule has 0 heterocycles. The summed E-state index contributed by atoms with van der Waals surface area (Å²) < 4.78 is 2.22. The summed E-state index contributed by atoms with van der Waals surface area (Å²) >= 11 is 7.06. The van der Waals surface area contributed by atoms with Gasteiger partial charge in [-0.1, -0.05) is 36.7 Å². The number of nitrogens with one attached hydrogen (secondary N) is 1. The molecule has 0 spiro atoms. The molecule has 1 aromatic rings.